The lowest BCUT2D eigenvalue weighted by Gasteiger charge is -2.37. The lowest BCUT2D eigenvalue weighted by atomic mass is 10.00. The molecule has 1 aliphatic rings. The summed E-state index contributed by atoms with van der Waals surface area (Å²) in [6.07, 6.45) is 0.819. The first kappa shape index (κ1) is 25.8. The summed E-state index contributed by atoms with van der Waals surface area (Å²) in [5, 5.41) is 5.03. The molecule has 0 spiro atoms. The Labute approximate surface area is 217 Å². The molecule has 2 aromatic carbocycles. The Morgan fingerprint density at radius 2 is 1.86 bits per heavy atom. The van der Waals surface area contributed by atoms with E-state index in [0.29, 0.717) is 19.7 Å². The van der Waals surface area contributed by atoms with Crippen LogP contribution in [0.15, 0.2) is 60.0 Å². The van der Waals surface area contributed by atoms with Crippen molar-refractivity contribution >= 4 is 29.0 Å². The Morgan fingerprint density at radius 1 is 1.11 bits per heavy atom. The minimum absolute atomic E-state index is 0.0240. The Hall–Kier alpha value is -3.32. The topological polar surface area (TPSA) is 61.9 Å². The van der Waals surface area contributed by atoms with E-state index in [4.69, 9.17) is 4.74 Å². The third kappa shape index (κ3) is 6.26. The number of nitrogens with zero attached hydrogens (tertiary/aromatic N) is 2. The molecule has 6 nitrogen and oxygen atoms in total. The van der Waals surface area contributed by atoms with E-state index in [9.17, 15) is 9.59 Å². The first-order valence-corrected chi connectivity index (χ1v) is 13.4. The fourth-order valence-electron chi connectivity index (χ4n) is 4.52. The van der Waals surface area contributed by atoms with E-state index in [-0.39, 0.29) is 30.4 Å². The maximum atomic E-state index is 13.7. The summed E-state index contributed by atoms with van der Waals surface area (Å²) in [7, 11) is 0. The number of aryl methyl sites for hydroxylation is 2. The summed E-state index contributed by atoms with van der Waals surface area (Å²) in [6, 6.07) is 17.2. The van der Waals surface area contributed by atoms with E-state index < -0.39 is 0 Å². The number of nitrogens with one attached hydrogen (secondary N) is 1. The number of para-hydroxylation sites is 1. The second kappa shape index (κ2) is 11.6. The highest BCUT2D eigenvalue weighted by molar-refractivity contribution is 7.10. The van der Waals surface area contributed by atoms with Crippen LogP contribution in [-0.4, -0.2) is 48.0 Å². The van der Waals surface area contributed by atoms with Crippen molar-refractivity contribution in [3.8, 4) is 5.75 Å². The Balaban J connectivity index is 1.50. The number of carbonyl (C=O) groups excluding carboxylic acids is 2. The monoisotopic (exact) mass is 505 g/mol. The molecular weight excluding hydrogens is 470 g/mol. The van der Waals surface area contributed by atoms with Gasteiger partial charge in [-0.25, -0.2) is 4.79 Å². The van der Waals surface area contributed by atoms with Gasteiger partial charge in [0.2, 0.25) is 5.91 Å². The van der Waals surface area contributed by atoms with Crippen LogP contribution in [-0.2, 0) is 11.2 Å². The van der Waals surface area contributed by atoms with Gasteiger partial charge in [-0.05, 0) is 67.0 Å². The normalized spacial score (nSPS) is 14.9. The minimum Gasteiger partial charge on any atom is -0.491 e. The molecule has 1 N–H and O–H groups in total. The molecule has 4 rings (SSSR count). The third-order valence-corrected chi connectivity index (χ3v) is 7.40. The average molecular weight is 506 g/mol. The van der Waals surface area contributed by atoms with Crippen LogP contribution in [0.3, 0.4) is 0 Å². The van der Waals surface area contributed by atoms with Gasteiger partial charge >= 0.3 is 6.03 Å². The van der Waals surface area contributed by atoms with Crippen molar-refractivity contribution < 1.29 is 14.3 Å². The van der Waals surface area contributed by atoms with Crippen LogP contribution in [0.25, 0.3) is 0 Å². The Kier molecular flexibility index (Phi) is 8.31. The summed E-state index contributed by atoms with van der Waals surface area (Å²) < 4.78 is 6.21. The van der Waals surface area contributed by atoms with Crippen molar-refractivity contribution in [1.29, 1.82) is 0 Å². The van der Waals surface area contributed by atoms with E-state index in [0.717, 1.165) is 34.5 Å². The molecule has 0 aliphatic carbocycles. The first-order chi connectivity index (χ1) is 17.3. The number of fused-ring (bicyclic) bond motifs is 1. The molecule has 36 heavy (non-hydrogen) atoms. The van der Waals surface area contributed by atoms with Crippen LogP contribution in [0.5, 0.6) is 5.75 Å². The van der Waals surface area contributed by atoms with Gasteiger partial charge in [0, 0.05) is 23.7 Å². The van der Waals surface area contributed by atoms with Crippen LogP contribution >= 0.6 is 11.3 Å². The Morgan fingerprint density at radius 3 is 2.58 bits per heavy atom. The first-order valence-electron chi connectivity index (χ1n) is 12.5. The van der Waals surface area contributed by atoms with E-state index in [1.807, 2.05) is 81.1 Å². The Bertz CT molecular complexity index is 1190. The predicted molar refractivity (Wildman–Crippen MR) is 146 cm³/mol. The van der Waals surface area contributed by atoms with Crippen molar-refractivity contribution in [2.24, 2.45) is 5.92 Å². The zero-order valence-corrected chi connectivity index (χ0v) is 22.3. The van der Waals surface area contributed by atoms with E-state index in [1.165, 1.54) is 4.88 Å². The third-order valence-electron chi connectivity index (χ3n) is 6.41. The van der Waals surface area contributed by atoms with E-state index in [2.05, 4.69) is 16.8 Å². The van der Waals surface area contributed by atoms with Crippen LogP contribution in [0.2, 0.25) is 0 Å². The zero-order valence-electron chi connectivity index (χ0n) is 21.5. The van der Waals surface area contributed by atoms with Crippen LogP contribution in [0.4, 0.5) is 10.5 Å². The maximum Gasteiger partial charge on any atom is 0.322 e. The van der Waals surface area contributed by atoms with Crippen LogP contribution in [0.1, 0.15) is 41.5 Å². The summed E-state index contributed by atoms with van der Waals surface area (Å²) in [5.41, 5.74) is 4.05. The second-order valence-electron chi connectivity index (χ2n) is 9.80. The number of benzene rings is 2. The van der Waals surface area contributed by atoms with Crippen molar-refractivity contribution in [2.75, 3.05) is 31.6 Å². The molecule has 0 saturated heterocycles. The number of thiophene rings is 1. The van der Waals surface area contributed by atoms with Gasteiger partial charge in [0.25, 0.3) is 0 Å². The molecule has 1 aromatic heterocycles. The van der Waals surface area contributed by atoms with Crippen molar-refractivity contribution in [1.82, 2.24) is 9.80 Å². The van der Waals surface area contributed by atoms with Gasteiger partial charge in [0.15, 0.2) is 0 Å². The molecule has 0 fully saturated rings. The quantitative estimate of drug-likeness (QED) is 0.405. The molecule has 7 heteroatoms. The molecule has 0 unspecified atom stereocenters. The number of hydrogen-bond acceptors (Lipinski definition) is 4. The smallest absolute Gasteiger partial charge is 0.322 e. The fourth-order valence-corrected chi connectivity index (χ4v) is 5.44. The summed E-state index contributed by atoms with van der Waals surface area (Å²) in [4.78, 5) is 31.6. The highest BCUT2D eigenvalue weighted by atomic mass is 32.1. The molecule has 0 bridgehead atoms. The standard InChI is InChI=1S/C29H35N3O3S/c1-20(2)17-31(29(34)30-23-11-9-21(3)10-12-23)18-28(33)32-15-13-27-24(14-16-36-27)25(32)19-35-26-8-6-5-7-22(26)4/h5-12,14,16,20,25H,13,15,17-19H2,1-4H3,(H,30,34)/t25-/m0/s1. The number of carbonyl (C=O) groups is 2. The molecule has 1 atom stereocenters. The lowest BCUT2D eigenvalue weighted by Crippen LogP contribution is -2.49. The predicted octanol–water partition coefficient (Wildman–Crippen LogP) is 6.06. The number of ether oxygens (including phenoxy) is 1. The number of urea groups is 1. The molecule has 2 heterocycles. The van der Waals surface area contributed by atoms with Crippen LogP contribution in [0, 0.1) is 19.8 Å². The molecule has 1 aliphatic heterocycles. The van der Waals surface area contributed by atoms with Crippen molar-refractivity contribution in [2.45, 2.75) is 40.2 Å². The van der Waals surface area contributed by atoms with Gasteiger partial charge in [-0.1, -0.05) is 49.7 Å². The van der Waals surface area contributed by atoms with Gasteiger partial charge < -0.3 is 19.9 Å². The molecule has 0 radical (unpaired) electrons. The van der Waals surface area contributed by atoms with Crippen molar-refractivity contribution in [3.63, 3.8) is 0 Å². The minimum atomic E-state index is -0.262. The zero-order chi connectivity index (χ0) is 25.7. The van der Waals surface area contributed by atoms with E-state index >= 15 is 0 Å². The molecule has 0 saturated carbocycles. The van der Waals surface area contributed by atoms with Gasteiger partial charge in [0.05, 0.1) is 6.04 Å². The highest BCUT2D eigenvalue weighted by Crippen LogP contribution is 2.34. The summed E-state index contributed by atoms with van der Waals surface area (Å²) in [5.74, 6) is 0.989. The van der Waals surface area contributed by atoms with Crippen molar-refractivity contribution in [3.05, 3.63) is 81.5 Å². The van der Waals surface area contributed by atoms with Crippen LogP contribution < -0.4 is 10.1 Å². The molecular formula is C29H35N3O3S. The SMILES string of the molecule is Cc1ccc(NC(=O)N(CC(=O)N2CCc3sccc3[C@@H]2COc2ccccc2C)CC(C)C)cc1. The van der Waals surface area contributed by atoms with Gasteiger partial charge in [-0.15, -0.1) is 11.3 Å². The number of anilines is 1. The molecule has 3 aromatic rings. The maximum absolute atomic E-state index is 13.7. The number of amides is 3. The van der Waals surface area contributed by atoms with E-state index in [1.54, 1.807) is 16.2 Å². The van der Waals surface area contributed by atoms with Gasteiger partial charge in [-0.3, -0.25) is 4.79 Å². The molecule has 3 amide bonds. The number of rotatable bonds is 8. The van der Waals surface area contributed by atoms with Gasteiger partial charge in [-0.2, -0.15) is 0 Å². The summed E-state index contributed by atoms with van der Waals surface area (Å²) in [6.45, 7) is 9.63. The van der Waals surface area contributed by atoms with Gasteiger partial charge in [0.1, 0.15) is 18.9 Å². The lowest BCUT2D eigenvalue weighted by molar-refractivity contribution is -0.135. The molecule has 190 valence electrons. The highest BCUT2D eigenvalue weighted by Gasteiger charge is 2.33. The largest absolute Gasteiger partial charge is 0.491 e. The fraction of sp³-hybridized carbons (Fsp3) is 0.379. The number of hydrogen-bond donors (Lipinski definition) is 1. The average Bonchev–Trinajstić information content (AvgIpc) is 3.33. The second-order valence-corrected chi connectivity index (χ2v) is 10.8. The summed E-state index contributed by atoms with van der Waals surface area (Å²) >= 11 is 1.73.